The van der Waals surface area contributed by atoms with Gasteiger partial charge in [-0.3, -0.25) is 9.59 Å². The van der Waals surface area contributed by atoms with Gasteiger partial charge in [-0.2, -0.15) is 11.3 Å². The van der Waals surface area contributed by atoms with Crippen molar-refractivity contribution in [3.8, 4) is 0 Å². The first-order chi connectivity index (χ1) is 12.9. The highest BCUT2D eigenvalue weighted by atomic mass is 32.1. The molecule has 1 saturated carbocycles. The van der Waals surface area contributed by atoms with Gasteiger partial charge in [-0.15, -0.1) is 0 Å². The Hall–Kier alpha value is -2.08. The number of carbonyl (C=O) groups excluding carboxylic acids is 2. The molecule has 3 heterocycles. The first-order valence-corrected chi connectivity index (χ1v) is 10.6. The molecule has 1 spiro atoms. The summed E-state index contributed by atoms with van der Waals surface area (Å²) in [6.45, 7) is 5.96. The van der Waals surface area contributed by atoms with Crippen LogP contribution < -0.4 is 0 Å². The van der Waals surface area contributed by atoms with E-state index in [9.17, 15) is 9.59 Å². The molecule has 4 rings (SSSR count). The van der Waals surface area contributed by atoms with Crippen molar-refractivity contribution in [2.45, 2.75) is 45.7 Å². The lowest BCUT2D eigenvalue weighted by Crippen LogP contribution is -2.42. The van der Waals surface area contributed by atoms with Crippen molar-refractivity contribution in [3.05, 3.63) is 45.9 Å². The quantitative estimate of drug-likeness (QED) is 0.809. The van der Waals surface area contributed by atoms with Crippen LogP contribution in [0.25, 0.3) is 0 Å². The van der Waals surface area contributed by atoms with Gasteiger partial charge in [0.25, 0.3) is 5.91 Å². The summed E-state index contributed by atoms with van der Waals surface area (Å²) in [5.41, 5.74) is 3.28. The largest absolute Gasteiger partial charge is 0.344 e. The van der Waals surface area contributed by atoms with E-state index in [1.165, 1.54) is 5.56 Å². The number of hydrogen-bond donors (Lipinski definition) is 0. The Morgan fingerprint density at radius 1 is 1.26 bits per heavy atom. The second kappa shape index (κ2) is 6.82. The molecule has 0 aromatic carbocycles. The van der Waals surface area contributed by atoms with Crippen molar-refractivity contribution in [2.24, 2.45) is 12.5 Å². The average molecular weight is 386 g/mol. The van der Waals surface area contributed by atoms with Crippen LogP contribution in [-0.2, 0) is 18.4 Å². The van der Waals surface area contributed by atoms with Crippen LogP contribution in [0.2, 0.25) is 0 Å². The molecule has 2 fully saturated rings. The summed E-state index contributed by atoms with van der Waals surface area (Å²) in [6.07, 6.45) is 3.04. The van der Waals surface area contributed by atoms with Gasteiger partial charge in [0.2, 0.25) is 5.91 Å². The van der Waals surface area contributed by atoms with Crippen molar-refractivity contribution < 1.29 is 9.59 Å². The Labute approximate surface area is 164 Å². The maximum Gasteiger partial charge on any atom is 0.270 e. The van der Waals surface area contributed by atoms with Crippen LogP contribution >= 0.6 is 11.3 Å². The van der Waals surface area contributed by atoms with Gasteiger partial charge in [0.1, 0.15) is 5.69 Å². The number of aryl methyl sites for hydroxylation is 1. The molecule has 27 heavy (non-hydrogen) atoms. The highest BCUT2D eigenvalue weighted by Gasteiger charge is 2.58. The molecule has 144 valence electrons. The summed E-state index contributed by atoms with van der Waals surface area (Å²) < 4.78 is 1.96. The van der Waals surface area contributed by atoms with Gasteiger partial charge < -0.3 is 14.4 Å². The molecule has 0 unspecified atom stereocenters. The zero-order valence-corrected chi connectivity index (χ0v) is 17.1. The molecular weight excluding hydrogens is 358 g/mol. The number of amides is 2. The van der Waals surface area contributed by atoms with Gasteiger partial charge in [-0.1, -0.05) is 0 Å². The standard InChI is InChI=1S/C21H27N3O2S/c1-15-4-5-18(22(15)3)20(26)23-9-7-21(8-10-23)12-19(21)24(16(2)25)13-17-6-11-27-14-17/h4-6,11,14,19H,7-10,12-13H2,1-3H3/t19-/m0/s1. The van der Waals surface area contributed by atoms with Crippen LogP contribution in [0.4, 0.5) is 0 Å². The maximum absolute atomic E-state index is 12.8. The molecule has 5 nitrogen and oxygen atoms in total. The molecule has 2 aromatic rings. The topological polar surface area (TPSA) is 45.6 Å². The predicted octanol–water partition coefficient (Wildman–Crippen LogP) is 3.44. The van der Waals surface area contributed by atoms with E-state index in [1.54, 1.807) is 18.3 Å². The zero-order valence-electron chi connectivity index (χ0n) is 16.3. The molecule has 1 atom stereocenters. The SMILES string of the molecule is CC(=O)N(Cc1ccsc1)[C@H]1CC12CCN(C(=O)c1ccc(C)n1C)CC2. The van der Waals surface area contributed by atoms with Gasteiger partial charge in [0.15, 0.2) is 0 Å². The molecule has 6 heteroatoms. The van der Waals surface area contributed by atoms with Crippen LogP contribution in [0.5, 0.6) is 0 Å². The summed E-state index contributed by atoms with van der Waals surface area (Å²) in [6, 6.07) is 6.33. The van der Waals surface area contributed by atoms with E-state index in [1.807, 2.05) is 40.5 Å². The van der Waals surface area contributed by atoms with E-state index in [4.69, 9.17) is 0 Å². The van der Waals surface area contributed by atoms with E-state index < -0.39 is 0 Å². The maximum atomic E-state index is 12.8. The van der Waals surface area contributed by atoms with Crippen LogP contribution in [0.1, 0.15) is 47.9 Å². The van der Waals surface area contributed by atoms with E-state index in [2.05, 4.69) is 16.8 Å². The Bertz CT molecular complexity index is 847. The summed E-state index contributed by atoms with van der Waals surface area (Å²) in [4.78, 5) is 29.1. The highest BCUT2D eigenvalue weighted by molar-refractivity contribution is 7.07. The fourth-order valence-electron chi connectivity index (χ4n) is 4.47. The van der Waals surface area contributed by atoms with Gasteiger partial charge in [0.05, 0.1) is 0 Å². The number of nitrogens with zero attached hydrogens (tertiary/aromatic N) is 3. The minimum atomic E-state index is 0.124. The van der Waals surface area contributed by atoms with Gasteiger partial charge in [-0.25, -0.2) is 0 Å². The van der Waals surface area contributed by atoms with Crippen molar-refractivity contribution in [1.29, 1.82) is 0 Å². The second-order valence-corrected chi connectivity index (χ2v) is 8.85. The number of rotatable bonds is 4. The van der Waals surface area contributed by atoms with Gasteiger partial charge in [0, 0.05) is 45.3 Å². The van der Waals surface area contributed by atoms with Crippen molar-refractivity contribution in [1.82, 2.24) is 14.4 Å². The lowest BCUT2D eigenvalue weighted by molar-refractivity contribution is -0.130. The van der Waals surface area contributed by atoms with Crippen LogP contribution in [-0.4, -0.2) is 45.3 Å². The lowest BCUT2D eigenvalue weighted by atomic mass is 9.92. The smallest absolute Gasteiger partial charge is 0.270 e. The third kappa shape index (κ3) is 3.31. The Balaban J connectivity index is 1.39. The molecule has 2 aromatic heterocycles. The first kappa shape index (κ1) is 18.3. The minimum Gasteiger partial charge on any atom is -0.344 e. The van der Waals surface area contributed by atoms with Gasteiger partial charge >= 0.3 is 0 Å². The molecule has 1 aliphatic carbocycles. The van der Waals surface area contributed by atoms with E-state index in [0.717, 1.165) is 43.7 Å². The van der Waals surface area contributed by atoms with Crippen LogP contribution in [0, 0.1) is 12.3 Å². The molecular formula is C21H27N3O2S. The van der Waals surface area contributed by atoms with E-state index in [0.29, 0.717) is 12.6 Å². The molecule has 0 bridgehead atoms. The minimum absolute atomic E-state index is 0.124. The third-order valence-electron chi connectivity index (χ3n) is 6.50. The number of piperidine rings is 1. The zero-order chi connectivity index (χ0) is 19.2. The lowest BCUT2D eigenvalue weighted by Gasteiger charge is -2.34. The van der Waals surface area contributed by atoms with Crippen molar-refractivity contribution in [3.63, 3.8) is 0 Å². The molecule has 0 radical (unpaired) electrons. The average Bonchev–Trinajstić information content (AvgIpc) is 2.98. The summed E-state index contributed by atoms with van der Waals surface area (Å²) in [5, 5.41) is 4.18. The number of hydrogen-bond acceptors (Lipinski definition) is 3. The van der Waals surface area contributed by atoms with Gasteiger partial charge in [-0.05, 0) is 66.1 Å². The Morgan fingerprint density at radius 3 is 2.56 bits per heavy atom. The third-order valence-corrected chi connectivity index (χ3v) is 7.23. The summed E-state index contributed by atoms with van der Waals surface area (Å²) >= 11 is 1.67. The molecule has 2 amide bonds. The second-order valence-electron chi connectivity index (χ2n) is 8.07. The molecule has 1 aliphatic heterocycles. The van der Waals surface area contributed by atoms with Crippen molar-refractivity contribution >= 4 is 23.2 Å². The number of carbonyl (C=O) groups is 2. The van der Waals surface area contributed by atoms with Crippen LogP contribution in [0.3, 0.4) is 0 Å². The van der Waals surface area contributed by atoms with Crippen LogP contribution in [0.15, 0.2) is 29.0 Å². The van der Waals surface area contributed by atoms with E-state index >= 15 is 0 Å². The summed E-state index contributed by atoms with van der Waals surface area (Å²) in [7, 11) is 1.94. The first-order valence-electron chi connectivity index (χ1n) is 9.61. The molecule has 2 aliphatic rings. The number of thiophene rings is 1. The number of likely N-dealkylation sites (tertiary alicyclic amines) is 1. The summed E-state index contributed by atoms with van der Waals surface area (Å²) in [5.74, 6) is 0.278. The highest BCUT2D eigenvalue weighted by Crippen LogP contribution is 2.57. The number of aromatic nitrogens is 1. The Morgan fingerprint density at radius 2 is 2.00 bits per heavy atom. The predicted molar refractivity (Wildman–Crippen MR) is 107 cm³/mol. The molecule has 1 saturated heterocycles. The van der Waals surface area contributed by atoms with E-state index in [-0.39, 0.29) is 17.2 Å². The normalized spacial score (nSPS) is 20.7. The monoisotopic (exact) mass is 385 g/mol. The Kier molecular flexibility index (Phi) is 4.62. The molecule has 0 N–H and O–H groups in total. The van der Waals surface area contributed by atoms with Crippen molar-refractivity contribution in [2.75, 3.05) is 13.1 Å². The fourth-order valence-corrected chi connectivity index (χ4v) is 5.13. The fraction of sp³-hybridized carbons (Fsp3) is 0.524.